The number of fused-ring (bicyclic) bond motifs is 1. The summed E-state index contributed by atoms with van der Waals surface area (Å²) < 4.78 is 35.2. The van der Waals surface area contributed by atoms with E-state index >= 15 is 4.39 Å². The van der Waals surface area contributed by atoms with Crippen LogP contribution in [0.15, 0.2) is 12.1 Å². The van der Waals surface area contributed by atoms with Gasteiger partial charge in [0.2, 0.25) is 0 Å². The van der Waals surface area contributed by atoms with E-state index in [1.165, 1.54) is 4.90 Å². The molecule has 0 saturated carbocycles. The summed E-state index contributed by atoms with van der Waals surface area (Å²) >= 11 is 0. The van der Waals surface area contributed by atoms with Crippen LogP contribution in [0.25, 0.3) is 11.4 Å². The van der Waals surface area contributed by atoms with Gasteiger partial charge in [-0.15, -0.1) is 0 Å². The van der Waals surface area contributed by atoms with E-state index < -0.39 is 23.8 Å². The minimum Gasteiger partial charge on any atom is -0.465 e. The highest BCUT2D eigenvalue weighted by Gasteiger charge is 2.33. The number of benzene rings is 1. The molecule has 1 saturated heterocycles. The van der Waals surface area contributed by atoms with Gasteiger partial charge in [0.25, 0.3) is 0 Å². The highest BCUT2D eigenvalue weighted by molar-refractivity contribution is 5.89. The lowest BCUT2D eigenvalue weighted by atomic mass is 10.1. The number of rotatable bonds is 4. The molecule has 2 aliphatic heterocycles. The molecule has 0 spiro atoms. The number of nitrogens with one attached hydrogen (secondary N) is 2. The van der Waals surface area contributed by atoms with Gasteiger partial charge in [-0.2, -0.15) is 0 Å². The first kappa shape index (κ1) is 22.6. The van der Waals surface area contributed by atoms with Crippen LogP contribution in [-0.4, -0.2) is 64.4 Å². The monoisotopic (exact) mass is 462 g/mol. The number of ether oxygens (including phenoxy) is 1. The summed E-state index contributed by atoms with van der Waals surface area (Å²) in [4.78, 5) is 35.3. The fourth-order valence-electron chi connectivity index (χ4n) is 3.91. The second kappa shape index (κ2) is 9.14. The smallest absolute Gasteiger partial charge is 0.407 e. The molecule has 1 unspecified atom stereocenters. The van der Waals surface area contributed by atoms with Gasteiger partial charge in [0.05, 0.1) is 49.3 Å². The number of anilines is 2. The summed E-state index contributed by atoms with van der Waals surface area (Å²) in [5.41, 5.74) is 0.584. The lowest BCUT2D eigenvalue weighted by molar-refractivity contribution is 0.0983. The molecule has 2 aromatic rings. The van der Waals surface area contributed by atoms with Crippen molar-refractivity contribution < 1.29 is 28.2 Å². The number of aromatic nitrogens is 2. The Kier molecular flexibility index (Phi) is 6.27. The minimum atomic E-state index is -1.10. The minimum absolute atomic E-state index is 0.0207. The number of halogens is 2. The SMILES string of the molecule is CCNC(=O)Nc1cc(F)c(-c2nc3c(c(N4CCOCC4C)n2)CN(C(=O)O)C3)cc1F. The molecule has 1 fully saturated rings. The van der Waals surface area contributed by atoms with Gasteiger partial charge in [0.1, 0.15) is 17.5 Å². The van der Waals surface area contributed by atoms with Crippen molar-refractivity contribution in [1.82, 2.24) is 20.2 Å². The van der Waals surface area contributed by atoms with E-state index in [1.807, 2.05) is 11.8 Å². The van der Waals surface area contributed by atoms with Gasteiger partial charge < -0.3 is 25.4 Å². The Morgan fingerprint density at radius 1 is 1.24 bits per heavy atom. The molecule has 0 aliphatic carbocycles. The molecule has 3 amide bonds. The molecular weight excluding hydrogens is 438 g/mol. The van der Waals surface area contributed by atoms with Gasteiger partial charge in [0, 0.05) is 24.7 Å². The van der Waals surface area contributed by atoms with Crippen molar-refractivity contribution in [2.24, 2.45) is 0 Å². The third kappa shape index (κ3) is 4.51. The summed E-state index contributed by atoms with van der Waals surface area (Å²) in [5, 5.41) is 14.1. The molecule has 1 atom stereocenters. The molecule has 33 heavy (non-hydrogen) atoms. The first-order valence-corrected chi connectivity index (χ1v) is 10.5. The van der Waals surface area contributed by atoms with Crippen molar-refractivity contribution >= 4 is 23.6 Å². The number of hydrogen-bond donors (Lipinski definition) is 3. The molecule has 3 heterocycles. The summed E-state index contributed by atoms with van der Waals surface area (Å²) in [6.07, 6.45) is -1.10. The molecule has 176 valence electrons. The van der Waals surface area contributed by atoms with Crippen LogP contribution in [0.1, 0.15) is 25.1 Å². The van der Waals surface area contributed by atoms with Gasteiger partial charge in [-0.05, 0) is 19.9 Å². The molecule has 12 heteroatoms. The number of carboxylic acid groups (broad SMARTS) is 1. The molecular formula is C21H24F2N6O4. The van der Waals surface area contributed by atoms with E-state index in [1.54, 1.807) is 6.92 Å². The van der Waals surface area contributed by atoms with Gasteiger partial charge >= 0.3 is 12.1 Å². The third-order valence-electron chi connectivity index (χ3n) is 5.55. The van der Waals surface area contributed by atoms with Gasteiger partial charge in [-0.25, -0.2) is 28.3 Å². The molecule has 0 radical (unpaired) electrons. The predicted molar refractivity (Wildman–Crippen MR) is 115 cm³/mol. The quantitative estimate of drug-likeness (QED) is 0.639. The lowest BCUT2D eigenvalue weighted by Crippen LogP contribution is -2.44. The van der Waals surface area contributed by atoms with Crippen molar-refractivity contribution in [1.29, 1.82) is 0 Å². The molecule has 0 bridgehead atoms. The number of hydrogen-bond acceptors (Lipinski definition) is 6. The Hall–Kier alpha value is -3.54. The van der Waals surface area contributed by atoms with Crippen LogP contribution in [0.3, 0.4) is 0 Å². The maximum absolute atomic E-state index is 15.0. The van der Waals surface area contributed by atoms with Crippen molar-refractivity contribution in [2.75, 3.05) is 36.5 Å². The van der Waals surface area contributed by atoms with Crippen LogP contribution < -0.4 is 15.5 Å². The highest BCUT2D eigenvalue weighted by atomic mass is 19.1. The normalized spacial score (nSPS) is 17.6. The standard InChI is InChI=1S/C21H24F2N6O4/c1-3-24-20(30)26-16-7-14(22)12(6-15(16)23)18-25-17-9-28(21(31)32)8-13(17)19(27-18)29-4-5-33-10-11(29)2/h6-7,11H,3-5,8-10H2,1-2H3,(H,31,32)(H2,24,26,30). The zero-order chi connectivity index (χ0) is 23.7. The second-order valence-corrected chi connectivity index (χ2v) is 7.85. The number of nitrogens with zero attached hydrogens (tertiary/aromatic N) is 4. The van der Waals surface area contributed by atoms with Gasteiger partial charge in [-0.1, -0.05) is 0 Å². The van der Waals surface area contributed by atoms with E-state index in [4.69, 9.17) is 4.74 Å². The van der Waals surface area contributed by atoms with Crippen LogP contribution in [0.4, 0.5) is 29.9 Å². The molecule has 1 aromatic heterocycles. The summed E-state index contributed by atoms with van der Waals surface area (Å²) in [6.45, 7) is 5.53. The number of urea groups is 1. The zero-order valence-electron chi connectivity index (χ0n) is 18.2. The van der Waals surface area contributed by atoms with Gasteiger partial charge in [0.15, 0.2) is 5.82 Å². The maximum atomic E-state index is 15.0. The van der Waals surface area contributed by atoms with E-state index in [0.29, 0.717) is 43.4 Å². The largest absolute Gasteiger partial charge is 0.465 e. The van der Waals surface area contributed by atoms with Crippen molar-refractivity contribution in [3.05, 3.63) is 35.0 Å². The average molecular weight is 462 g/mol. The molecule has 3 N–H and O–H groups in total. The molecule has 10 nitrogen and oxygen atoms in total. The summed E-state index contributed by atoms with van der Waals surface area (Å²) in [6, 6.07) is 1.09. The molecule has 4 rings (SSSR count). The van der Waals surface area contributed by atoms with E-state index in [0.717, 1.165) is 12.1 Å². The fourth-order valence-corrected chi connectivity index (χ4v) is 3.91. The van der Waals surface area contributed by atoms with E-state index in [2.05, 4.69) is 20.6 Å². The fraction of sp³-hybridized carbons (Fsp3) is 0.429. The molecule has 1 aromatic carbocycles. The van der Waals surface area contributed by atoms with Crippen LogP contribution >= 0.6 is 0 Å². The maximum Gasteiger partial charge on any atom is 0.407 e. The lowest BCUT2D eigenvalue weighted by Gasteiger charge is -2.35. The average Bonchev–Trinajstić information content (AvgIpc) is 3.21. The highest BCUT2D eigenvalue weighted by Crippen LogP contribution is 2.35. The van der Waals surface area contributed by atoms with Crippen molar-refractivity contribution in [3.63, 3.8) is 0 Å². The van der Waals surface area contributed by atoms with Crippen LogP contribution in [0.5, 0.6) is 0 Å². The topological polar surface area (TPSA) is 120 Å². The predicted octanol–water partition coefficient (Wildman–Crippen LogP) is 2.78. The van der Waals surface area contributed by atoms with Gasteiger partial charge in [-0.3, -0.25) is 4.90 Å². The van der Waals surface area contributed by atoms with E-state index in [9.17, 15) is 19.1 Å². The second-order valence-electron chi connectivity index (χ2n) is 7.85. The Labute approximate surface area is 188 Å². The van der Waals surface area contributed by atoms with E-state index in [-0.39, 0.29) is 36.2 Å². The first-order valence-electron chi connectivity index (χ1n) is 10.5. The number of carbonyl (C=O) groups excluding carboxylic acids is 1. The number of amides is 3. The molecule has 2 aliphatic rings. The Morgan fingerprint density at radius 2 is 2.03 bits per heavy atom. The Morgan fingerprint density at radius 3 is 2.73 bits per heavy atom. The van der Waals surface area contributed by atoms with Crippen molar-refractivity contribution in [2.45, 2.75) is 33.0 Å². The third-order valence-corrected chi connectivity index (χ3v) is 5.55. The van der Waals surface area contributed by atoms with Crippen LogP contribution in [0.2, 0.25) is 0 Å². The Bertz CT molecular complexity index is 1100. The van der Waals surface area contributed by atoms with Crippen LogP contribution in [0, 0.1) is 11.6 Å². The first-order chi connectivity index (χ1) is 15.8. The summed E-state index contributed by atoms with van der Waals surface area (Å²) in [7, 11) is 0. The number of morpholine rings is 1. The Balaban J connectivity index is 1.76. The summed E-state index contributed by atoms with van der Waals surface area (Å²) in [5.74, 6) is -1.25. The van der Waals surface area contributed by atoms with Crippen molar-refractivity contribution in [3.8, 4) is 11.4 Å². The zero-order valence-corrected chi connectivity index (χ0v) is 18.2. The number of carbonyl (C=O) groups is 2. The van der Waals surface area contributed by atoms with Crippen LogP contribution in [-0.2, 0) is 17.8 Å².